The minimum atomic E-state index is -0.662. The molecule has 0 fully saturated rings. The molecule has 10 heteroatoms. The third-order valence-electron chi connectivity index (χ3n) is 4.69. The van der Waals surface area contributed by atoms with Gasteiger partial charge in [0.25, 0.3) is 0 Å². The number of anilines is 1. The maximum atomic E-state index is 13.0. The summed E-state index contributed by atoms with van der Waals surface area (Å²) in [4.78, 5) is 13.0. The first kappa shape index (κ1) is 20.4. The van der Waals surface area contributed by atoms with Crippen molar-refractivity contribution >= 4 is 11.9 Å². The van der Waals surface area contributed by atoms with Crippen molar-refractivity contribution in [2.75, 3.05) is 33.3 Å². The van der Waals surface area contributed by atoms with E-state index in [-0.39, 0.29) is 0 Å². The van der Waals surface area contributed by atoms with Crippen molar-refractivity contribution < 1.29 is 23.7 Å². The molecule has 0 saturated heterocycles. The van der Waals surface area contributed by atoms with Crippen LogP contribution in [0.5, 0.6) is 17.2 Å². The van der Waals surface area contributed by atoms with Crippen LogP contribution in [0.3, 0.4) is 0 Å². The number of benzene rings is 1. The number of esters is 1. The minimum absolute atomic E-state index is 0.338. The van der Waals surface area contributed by atoms with Crippen molar-refractivity contribution in [3.8, 4) is 17.2 Å². The highest BCUT2D eigenvalue weighted by molar-refractivity contribution is 5.92. The van der Waals surface area contributed by atoms with E-state index in [0.29, 0.717) is 46.6 Å². The molecule has 10 nitrogen and oxygen atoms in total. The van der Waals surface area contributed by atoms with Gasteiger partial charge in [-0.1, -0.05) is 18.4 Å². The molecule has 0 saturated carbocycles. The van der Waals surface area contributed by atoms with E-state index in [0.717, 1.165) is 12.8 Å². The van der Waals surface area contributed by atoms with Crippen LogP contribution < -0.4 is 19.5 Å². The molecular formula is C19H25N5O5. The maximum Gasteiger partial charge on any atom is 0.338 e. The Bertz CT molecular complexity index is 924. The van der Waals surface area contributed by atoms with Gasteiger partial charge in [-0.15, -0.1) is 0 Å². The molecule has 1 aliphatic heterocycles. The van der Waals surface area contributed by atoms with Gasteiger partial charge in [-0.3, -0.25) is 0 Å². The molecular weight excluding hydrogens is 378 g/mol. The lowest BCUT2D eigenvalue weighted by molar-refractivity contribution is -0.139. The predicted molar refractivity (Wildman–Crippen MR) is 104 cm³/mol. The van der Waals surface area contributed by atoms with E-state index in [1.807, 2.05) is 6.92 Å². The Morgan fingerprint density at radius 3 is 2.59 bits per heavy atom. The van der Waals surface area contributed by atoms with Crippen LogP contribution in [-0.4, -0.2) is 54.1 Å². The Kier molecular flexibility index (Phi) is 6.20. The highest BCUT2D eigenvalue weighted by atomic mass is 16.5. The van der Waals surface area contributed by atoms with E-state index in [9.17, 15) is 4.79 Å². The first-order valence-corrected chi connectivity index (χ1v) is 9.28. The fourth-order valence-electron chi connectivity index (χ4n) is 3.29. The number of hydrogen-bond donors (Lipinski definition) is 1. The van der Waals surface area contributed by atoms with Crippen molar-refractivity contribution in [3.63, 3.8) is 0 Å². The number of unbranched alkanes of at least 4 members (excludes halogenated alkanes) is 1. The van der Waals surface area contributed by atoms with Crippen LogP contribution >= 0.6 is 0 Å². The summed E-state index contributed by atoms with van der Waals surface area (Å²) in [6.07, 6.45) is 1.71. The quantitative estimate of drug-likeness (QED) is 0.524. The molecule has 1 atom stereocenters. The van der Waals surface area contributed by atoms with Crippen molar-refractivity contribution in [2.45, 2.75) is 32.7 Å². The minimum Gasteiger partial charge on any atom is -0.493 e. The second kappa shape index (κ2) is 8.80. The number of nitrogens with zero attached hydrogens (tertiary/aromatic N) is 4. The predicted octanol–water partition coefficient (Wildman–Crippen LogP) is 2.33. The maximum absolute atomic E-state index is 13.0. The summed E-state index contributed by atoms with van der Waals surface area (Å²) in [6.45, 7) is 4.16. The van der Waals surface area contributed by atoms with Gasteiger partial charge in [0.15, 0.2) is 11.5 Å². The van der Waals surface area contributed by atoms with Gasteiger partial charge >= 0.3 is 5.97 Å². The van der Waals surface area contributed by atoms with Crippen LogP contribution in [0.4, 0.5) is 5.95 Å². The van der Waals surface area contributed by atoms with E-state index in [4.69, 9.17) is 18.9 Å². The SMILES string of the molecule is CCCCOC(=O)C1=C(C)Nc2nnnn2[C@H]1c1ccc(OC)c(OC)c1OC. The zero-order valence-corrected chi connectivity index (χ0v) is 17.2. The Hall–Kier alpha value is -3.30. The number of hydrogen-bond acceptors (Lipinski definition) is 9. The average Bonchev–Trinajstić information content (AvgIpc) is 3.19. The van der Waals surface area contributed by atoms with Gasteiger partial charge in [-0.2, -0.15) is 4.68 Å². The Balaban J connectivity index is 2.15. The largest absolute Gasteiger partial charge is 0.493 e. The lowest BCUT2D eigenvalue weighted by Crippen LogP contribution is -2.30. The molecule has 0 amide bonds. The van der Waals surface area contributed by atoms with E-state index in [1.54, 1.807) is 26.2 Å². The van der Waals surface area contributed by atoms with Crippen molar-refractivity contribution in [3.05, 3.63) is 29.0 Å². The second-order valence-electron chi connectivity index (χ2n) is 6.43. The third-order valence-corrected chi connectivity index (χ3v) is 4.69. The summed E-state index contributed by atoms with van der Waals surface area (Å²) < 4.78 is 23.5. The zero-order valence-electron chi connectivity index (χ0n) is 17.2. The standard InChI is InChI=1S/C19H25N5O5/c1-6-7-10-29-18(25)14-11(2)20-19-21-22-23-24(19)15(14)12-8-9-13(26-3)17(28-5)16(12)27-4/h8-9,15H,6-7,10H2,1-5H3,(H,20,21,23)/t15-/m0/s1. The highest BCUT2D eigenvalue weighted by Gasteiger charge is 2.37. The van der Waals surface area contributed by atoms with Crippen LogP contribution in [-0.2, 0) is 9.53 Å². The zero-order chi connectivity index (χ0) is 21.0. The van der Waals surface area contributed by atoms with Gasteiger partial charge in [-0.05, 0) is 35.9 Å². The molecule has 2 aromatic rings. The molecule has 3 rings (SSSR count). The molecule has 0 radical (unpaired) electrons. The molecule has 156 valence electrons. The monoisotopic (exact) mass is 403 g/mol. The molecule has 1 aromatic heterocycles. The topological polar surface area (TPSA) is 110 Å². The van der Waals surface area contributed by atoms with Gasteiger partial charge in [-0.25, -0.2) is 4.79 Å². The molecule has 0 aliphatic carbocycles. The van der Waals surface area contributed by atoms with Crippen molar-refractivity contribution in [1.82, 2.24) is 20.2 Å². The van der Waals surface area contributed by atoms with Crippen LogP contribution in [0.25, 0.3) is 0 Å². The number of allylic oxidation sites excluding steroid dienone is 1. The highest BCUT2D eigenvalue weighted by Crippen LogP contribution is 2.46. The van der Waals surface area contributed by atoms with E-state index in [2.05, 4.69) is 20.8 Å². The fraction of sp³-hybridized carbons (Fsp3) is 0.474. The third kappa shape index (κ3) is 3.69. The molecule has 0 bridgehead atoms. The smallest absolute Gasteiger partial charge is 0.338 e. The van der Waals surface area contributed by atoms with Crippen LogP contribution in [0.2, 0.25) is 0 Å². The van der Waals surface area contributed by atoms with Gasteiger partial charge in [0.2, 0.25) is 11.7 Å². The Labute approximate surface area is 168 Å². The second-order valence-corrected chi connectivity index (χ2v) is 6.43. The fourth-order valence-corrected chi connectivity index (χ4v) is 3.29. The normalized spacial score (nSPS) is 15.4. The summed E-state index contributed by atoms with van der Waals surface area (Å²) in [6, 6.07) is 2.89. The molecule has 29 heavy (non-hydrogen) atoms. The van der Waals surface area contributed by atoms with Crippen molar-refractivity contribution in [2.24, 2.45) is 0 Å². The van der Waals surface area contributed by atoms with Gasteiger partial charge in [0, 0.05) is 11.3 Å². The first-order valence-electron chi connectivity index (χ1n) is 9.28. The van der Waals surface area contributed by atoms with Crippen LogP contribution in [0.15, 0.2) is 23.4 Å². The van der Waals surface area contributed by atoms with E-state index >= 15 is 0 Å². The molecule has 1 aliphatic rings. The first-order chi connectivity index (χ1) is 14.1. The summed E-state index contributed by atoms with van der Waals surface area (Å²) in [5.41, 5.74) is 1.64. The summed E-state index contributed by atoms with van der Waals surface area (Å²) >= 11 is 0. The molecule has 1 aromatic carbocycles. The average molecular weight is 403 g/mol. The lowest BCUT2D eigenvalue weighted by Gasteiger charge is -2.29. The number of carbonyl (C=O) groups is 1. The number of rotatable bonds is 8. The summed E-state index contributed by atoms with van der Waals surface area (Å²) in [5, 5.41) is 14.9. The van der Waals surface area contributed by atoms with Crippen LogP contribution in [0.1, 0.15) is 38.3 Å². The number of tetrazole rings is 1. The van der Waals surface area contributed by atoms with Gasteiger partial charge in [0.05, 0.1) is 33.5 Å². The summed E-state index contributed by atoms with van der Waals surface area (Å²) in [7, 11) is 4.59. The Morgan fingerprint density at radius 1 is 1.17 bits per heavy atom. The number of fused-ring (bicyclic) bond motifs is 1. The lowest BCUT2D eigenvalue weighted by atomic mass is 9.94. The van der Waals surface area contributed by atoms with Gasteiger partial charge < -0.3 is 24.3 Å². The number of ether oxygens (including phenoxy) is 4. The van der Waals surface area contributed by atoms with E-state index < -0.39 is 12.0 Å². The number of methoxy groups -OCH3 is 3. The number of nitrogens with one attached hydrogen (secondary N) is 1. The molecule has 0 unspecified atom stereocenters. The number of aromatic nitrogens is 4. The van der Waals surface area contributed by atoms with E-state index in [1.165, 1.54) is 18.9 Å². The molecule has 2 heterocycles. The Morgan fingerprint density at radius 2 is 1.93 bits per heavy atom. The molecule has 1 N–H and O–H groups in total. The van der Waals surface area contributed by atoms with Crippen LogP contribution in [0, 0.1) is 0 Å². The van der Waals surface area contributed by atoms with Gasteiger partial charge in [0.1, 0.15) is 6.04 Å². The van der Waals surface area contributed by atoms with Crippen molar-refractivity contribution in [1.29, 1.82) is 0 Å². The molecule has 0 spiro atoms. The summed E-state index contributed by atoms with van der Waals surface area (Å²) in [5.74, 6) is 1.32. The number of carbonyl (C=O) groups excluding carboxylic acids is 1.